The van der Waals surface area contributed by atoms with E-state index < -0.39 is 6.10 Å². The summed E-state index contributed by atoms with van der Waals surface area (Å²) in [4.78, 5) is 11.3. The molecule has 178 valence electrons. The minimum absolute atomic E-state index is 0.169. The van der Waals surface area contributed by atoms with Gasteiger partial charge in [-0.3, -0.25) is 0 Å². The molecule has 0 saturated carbocycles. The standard InChI is InChI=1S/C25H43NO5/c1-17(2)20(14-22(26)23(28)15-21(16-27)18(3)4)12-19-8-9-24(30-6)25(13-19)31-11-7-10-29-5/h8-9,13,16-18,20-23,28H,7,10-12,14-15,26H2,1-6H3/t20-,21+,22-,23-/m0/s1. The van der Waals surface area contributed by atoms with Gasteiger partial charge in [-0.2, -0.15) is 0 Å². The molecule has 0 unspecified atom stereocenters. The second-order valence-electron chi connectivity index (χ2n) is 9.13. The first-order chi connectivity index (χ1) is 14.7. The van der Waals surface area contributed by atoms with Gasteiger partial charge in [0.15, 0.2) is 11.5 Å². The fourth-order valence-corrected chi connectivity index (χ4v) is 3.69. The molecule has 6 heteroatoms. The number of ether oxygens (including phenoxy) is 3. The van der Waals surface area contributed by atoms with Gasteiger partial charge in [0, 0.05) is 32.1 Å². The molecule has 3 N–H and O–H groups in total. The highest BCUT2D eigenvalue weighted by Gasteiger charge is 2.26. The van der Waals surface area contributed by atoms with Crippen LogP contribution in [0.15, 0.2) is 18.2 Å². The maximum atomic E-state index is 11.3. The molecule has 0 heterocycles. The van der Waals surface area contributed by atoms with Gasteiger partial charge in [0.05, 0.1) is 19.8 Å². The van der Waals surface area contributed by atoms with E-state index in [4.69, 9.17) is 19.9 Å². The van der Waals surface area contributed by atoms with Crippen LogP contribution < -0.4 is 15.2 Å². The van der Waals surface area contributed by atoms with Crippen LogP contribution in [0.25, 0.3) is 0 Å². The van der Waals surface area contributed by atoms with E-state index in [1.807, 2.05) is 26.0 Å². The Morgan fingerprint density at radius 2 is 1.74 bits per heavy atom. The largest absolute Gasteiger partial charge is 0.493 e. The summed E-state index contributed by atoms with van der Waals surface area (Å²) < 4.78 is 16.4. The van der Waals surface area contributed by atoms with Crippen LogP contribution in [0.1, 0.15) is 52.5 Å². The van der Waals surface area contributed by atoms with Gasteiger partial charge in [0.25, 0.3) is 0 Å². The molecule has 0 aliphatic rings. The smallest absolute Gasteiger partial charge is 0.161 e. The van der Waals surface area contributed by atoms with Crippen LogP contribution in [0.4, 0.5) is 0 Å². The van der Waals surface area contributed by atoms with E-state index in [0.717, 1.165) is 30.4 Å². The van der Waals surface area contributed by atoms with Crippen molar-refractivity contribution in [3.8, 4) is 11.5 Å². The Hall–Kier alpha value is -1.63. The van der Waals surface area contributed by atoms with Crippen LogP contribution in [0, 0.1) is 23.7 Å². The van der Waals surface area contributed by atoms with Crippen molar-refractivity contribution in [3.63, 3.8) is 0 Å². The number of aliphatic hydroxyl groups is 1. The molecule has 0 amide bonds. The lowest BCUT2D eigenvalue weighted by Gasteiger charge is -2.29. The Kier molecular flexibility index (Phi) is 12.8. The molecule has 0 aliphatic carbocycles. The zero-order valence-electron chi connectivity index (χ0n) is 20.2. The lowest BCUT2D eigenvalue weighted by Crippen LogP contribution is -2.39. The first kappa shape index (κ1) is 27.4. The van der Waals surface area contributed by atoms with Crippen molar-refractivity contribution in [1.29, 1.82) is 0 Å². The maximum absolute atomic E-state index is 11.3. The molecule has 0 radical (unpaired) electrons. The summed E-state index contributed by atoms with van der Waals surface area (Å²) in [6, 6.07) is 5.66. The fourth-order valence-electron chi connectivity index (χ4n) is 3.69. The Bertz CT molecular complexity index is 634. The molecule has 1 aromatic rings. The van der Waals surface area contributed by atoms with E-state index in [1.54, 1.807) is 14.2 Å². The molecule has 0 saturated heterocycles. The normalized spacial score (nSPS) is 15.5. The molecule has 0 bridgehead atoms. The van der Waals surface area contributed by atoms with E-state index >= 15 is 0 Å². The molecule has 0 spiro atoms. The minimum Gasteiger partial charge on any atom is -0.493 e. The van der Waals surface area contributed by atoms with E-state index in [-0.39, 0.29) is 17.9 Å². The predicted octanol–water partition coefficient (Wildman–Crippen LogP) is 3.86. The summed E-state index contributed by atoms with van der Waals surface area (Å²) >= 11 is 0. The van der Waals surface area contributed by atoms with E-state index in [2.05, 4.69) is 19.9 Å². The summed E-state index contributed by atoms with van der Waals surface area (Å²) in [5.41, 5.74) is 7.51. The van der Waals surface area contributed by atoms with Gasteiger partial charge in [-0.15, -0.1) is 0 Å². The molecule has 1 rings (SSSR count). The number of methoxy groups -OCH3 is 2. The molecule has 6 nitrogen and oxygen atoms in total. The number of benzene rings is 1. The molecule has 0 fully saturated rings. The monoisotopic (exact) mass is 437 g/mol. The van der Waals surface area contributed by atoms with Crippen LogP contribution in [0.2, 0.25) is 0 Å². The Balaban J connectivity index is 2.82. The lowest BCUT2D eigenvalue weighted by molar-refractivity contribution is -0.113. The highest BCUT2D eigenvalue weighted by molar-refractivity contribution is 5.53. The van der Waals surface area contributed by atoms with Gasteiger partial charge in [-0.25, -0.2) is 0 Å². The van der Waals surface area contributed by atoms with Gasteiger partial charge in [-0.05, 0) is 54.7 Å². The number of aliphatic hydroxyl groups excluding tert-OH is 1. The number of hydrogen-bond acceptors (Lipinski definition) is 6. The molecular weight excluding hydrogens is 394 g/mol. The fraction of sp³-hybridized carbons (Fsp3) is 0.720. The third-order valence-electron chi connectivity index (χ3n) is 6.03. The summed E-state index contributed by atoms with van der Waals surface area (Å²) in [6.07, 6.45) is 3.00. The van der Waals surface area contributed by atoms with Crippen molar-refractivity contribution in [1.82, 2.24) is 0 Å². The predicted molar refractivity (Wildman–Crippen MR) is 125 cm³/mol. The van der Waals surface area contributed by atoms with Crippen molar-refractivity contribution in [3.05, 3.63) is 23.8 Å². The Labute approximate surface area is 188 Å². The van der Waals surface area contributed by atoms with Gasteiger partial charge >= 0.3 is 0 Å². The summed E-state index contributed by atoms with van der Waals surface area (Å²) in [7, 11) is 3.31. The SMILES string of the molecule is COCCCOc1cc(C[C@@H](C[C@H](N)[C@@H](O)C[C@H](C=O)C(C)C)C(C)C)ccc1OC. The first-order valence-electron chi connectivity index (χ1n) is 11.4. The average Bonchev–Trinajstić information content (AvgIpc) is 2.74. The zero-order valence-corrected chi connectivity index (χ0v) is 20.2. The highest BCUT2D eigenvalue weighted by Crippen LogP contribution is 2.31. The average molecular weight is 438 g/mol. The van der Waals surface area contributed by atoms with Crippen molar-refractivity contribution in [2.24, 2.45) is 29.4 Å². The second-order valence-corrected chi connectivity index (χ2v) is 9.13. The van der Waals surface area contributed by atoms with Crippen LogP contribution in [-0.4, -0.2) is 51.0 Å². The van der Waals surface area contributed by atoms with Crippen LogP contribution in [0.5, 0.6) is 11.5 Å². The highest BCUT2D eigenvalue weighted by atomic mass is 16.5. The van der Waals surface area contributed by atoms with Crippen LogP contribution in [0.3, 0.4) is 0 Å². The summed E-state index contributed by atoms with van der Waals surface area (Å²) in [6.45, 7) is 9.56. The van der Waals surface area contributed by atoms with E-state index in [0.29, 0.717) is 43.6 Å². The quantitative estimate of drug-likeness (QED) is 0.301. The van der Waals surface area contributed by atoms with E-state index in [1.165, 1.54) is 0 Å². The second kappa shape index (κ2) is 14.4. The molecule has 4 atom stereocenters. The number of aldehydes is 1. The lowest BCUT2D eigenvalue weighted by atomic mass is 9.81. The topological polar surface area (TPSA) is 91.0 Å². The van der Waals surface area contributed by atoms with Gasteiger partial charge in [-0.1, -0.05) is 33.8 Å². The van der Waals surface area contributed by atoms with Gasteiger partial charge in [0.2, 0.25) is 0 Å². The van der Waals surface area contributed by atoms with Gasteiger partial charge < -0.3 is 29.8 Å². The summed E-state index contributed by atoms with van der Waals surface area (Å²) in [5, 5.41) is 10.6. The molecule has 31 heavy (non-hydrogen) atoms. The van der Waals surface area contributed by atoms with Crippen molar-refractivity contribution in [2.75, 3.05) is 27.4 Å². The van der Waals surface area contributed by atoms with Crippen LogP contribution in [-0.2, 0) is 16.0 Å². The number of carbonyl (C=O) groups excluding carboxylic acids is 1. The van der Waals surface area contributed by atoms with Gasteiger partial charge in [0.1, 0.15) is 6.29 Å². The number of hydrogen-bond donors (Lipinski definition) is 2. The van der Waals surface area contributed by atoms with E-state index in [9.17, 15) is 9.90 Å². The van der Waals surface area contributed by atoms with Crippen LogP contribution >= 0.6 is 0 Å². The van der Waals surface area contributed by atoms with Crippen molar-refractivity contribution in [2.45, 2.75) is 65.5 Å². The molecule has 1 aromatic carbocycles. The Morgan fingerprint density at radius 1 is 1.03 bits per heavy atom. The first-order valence-corrected chi connectivity index (χ1v) is 11.4. The summed E-state index contributed by atoms with van der Waals surface area (Å²) in [5.74, 6) is 2.17. The molecule has 0 aliphatic heterocycles. The zero-order chi connectivity index (χ0) is 23.4. The van der Waals surface area contributed by atoms with Crippen molar-refractivity contribution >= 4 is 6.29 Å². The van der Waals surface area contributed by atoms with Crippen molar-refractivity contribution < 1.29 is 24.1 Å². The third-order valence-corrected chi connectivity index (χ3v) is 6.03. The maximum Gasteiger partial charge on any atom is 0.161 e. The molecular formula is C25H43NO5. The molecule has 0 aromatic heterocycles. The number of nitrogens with two attached hydrogens (primary N) is 1. The third kappa shape index (κ3) is 9.58. The number of rotatable bonds is 16. The number of carbonyl (C=O) groups is 1. The minimum atomic E-state index is -0.686. The Morgan fingerprint density at radius 3 is 2.29 bits per heavy atom.